The van der Waals surface area contributed by atoms with E-state index >= 15 is 0 Å². The van der Waals surface area contributed by atoms with Crippen LogP contribution in [0.4, 0.5) is 22.8 Å². The summed E-state index contributed by atoms with van der Waals surface area (Å²) < 4.78 is 68.5. The molecule has 99 heavy (non-hydrogen) atoms. The van der Waals surface area contributed by atoms with E-state index in [0.717, 1.165) is 66.3 Å². The molecule has 0 unspecified atom stereocenters. The van der Waals surface area contributed by atoms with Crippen molar-refractivity contribution in [2.24, 2.45) is 23.5 Å². The number of nitrogens with zero attached hydrogens (tertiary/aromatic N) is 6. The SMILES string of the molecule is CC(C)(C)OC(=O)N1[C@H](CN)C[C@@H]2CCCC[C@@H]21.CC(C)(C)OC(=O)N1[C@H](CNCc2ccc3cc(F)ccc3n2)C[C@@H]2CCCC[C@@H]21.COc1cc(C(=O)N(Cc2ccc3cc(F)ccc3n2)C[C@@H]2C[C@@H]3CCCC[C@@H]3N2)cc2c1OC(C)(C)O2.O=Cc1ccc2cc(F)ccc2n1. The number of aromatic nitrogens is 3. The van der Waals surface area contributed by atoms with Crippen LogP contribution in [0.15, 0.2) is 103 Å². The third-order valence-corrected chi connectivity index (χ3v) is 20.0. The number of benzene rings is 4. The fourth-order valence-corrected chi connectivity index (χ4v) is 15.7. The molecule has 7 aliphatic rings. The summed E-state index contributed by atoms with van der Waals surface area (Å²) in [5.74, 6) is 1.54. The highest BCUT2D eigenvalue weighted by molar-refractivity contribution is 5.96. The summed E-state index contributed by atoms with van der Waals surface area (Å²) in [5, 5.41) is 9.53. The lowest BCUT2D eigenvalue weighted by Gasteiger charge is -2.35. The summed E-state index contributed by atoms with van der Waals surface area (Å²) in [6, 6.07) is 29.4. The van der Waals surface area contributed by atoms with Crippen LogP contribution in [0.3, 0.4) is 0 Å². The zero-order chi connectivity index (χ0) is 70.3. The molecule has 530 valence electrons. The third kappa shape index (κ3) is 18.3. The molecule has 4 aliphatic heterocycles. The largest absolute Gasteiger partial charge is 0.493 e. The molecule has 3 saturated carbocycles. The Morgan fingerprint density at radius 2 is 1.16 bits per heavy atom. The van der Waals surface area contributed by atoms with E-state index in [9.17, 15) is 32.3 Å². The lowest BCUT2D eigenvalue weighted by atomic mass is 9.85. The standard InChI is InChI=1S/C30H34FN3O4.C24H32FN3O2.C14H26N2O2.C10H6FNO/c1-30(2)37-27-15-20(14-26(36-3)28(27)38-30)29(35)34(17-23-13-18-6-4-5-7-24(18)33-23)16-22-10-8-19-12-21(31)9-11-25(19)32-22;1-24(2,3)30-23(29)28-20(13-17-6-4-5-7-22(17)28)15-26-14-19-10-8-16-12-18(25)9-11-21(16)27-19;1-14(2,3)18-13(17)16-11(9-15)8-10-6-4-5-7-12(10)16;11-8-2-4-10-7(5-8)1-3-9(6-13)12-10/h8-12,14-15,18,23-24,33H,4-7,13,16-17H2,1-3H3;8-12,17,20,22,26H,4-7,13-15H2,1-3H3;10-12H,4-9,15H2,1-3H3;1-6H/t18-,23-,24-;17-,20-,22-;10-,11-,12-;/m000./s1. The molecule has 14 rings (SSSR count). The van der Waals surface area contributed by atoms with Crippen molar-refractivity contribution in [2.75, 3.05) is 26.7 Å². The predicted molar refractivity (Wildman–Crippen MR) is 376 cm³/mol. The van der Waals surface area contributed by atoms with Gasteiger partial charge in [-0.3, -0.25) is 19.6 Å². The first-order chi connectivity index (χ1) is 47.3. The summed E-state index contributed by atoms with van der Waals surface area (Å²) in [4.78, 5) is 68.9. The van der Waals surface area contributed by atoms with E-state index in [0.29, 0.717) is 113 Å². The number of pyridine rings is 3. The molecule has 3 aromatic heterocycles. The first-order valence-corrected chi connectivity index (χ1v) is 35.5. The first-order valence-electron chi connectivity index (χ1n) is 35.5. The highest BCUT2D eigenvalue weighted by Gasteiger charge is 2.47. The molecule has 9 atom stereocenters. The number of hydrogen-bond acceptors (Lipinski definition) is 15. The smallest absolute Gasteiger partial charge is 0.410 e. The van der Waals surface area contributed by atoms with Gasteiger partial charge in [-0.05, 0) is 202 Å². The molecular formula is C78H98F3N9O9. The van der Waals surface area contributed by atoms with Crippen LogP contribution >= 0.6 is 0 Å². The van der Waals surface area contributed by atoms with Gasteiger partial charge < -0.3 is 54.8 Å². The number of likely N-dealkylation sites (tertiary alicyclic amines) is 2. The average Bonchev–Trinajstić information content (AvgIpc) is 1.67. The third-order valence-electron chi connectivity index (χ3n) is 20.0. The van der Waals surface area contributed by atoms with Crippen molar-refractivity contribution in [1.29, 1.82) is 0 Å². The van der Waals surface area contributed by atoms with E-state index in [1.807, 2.05) is 94.4 Å². The Balaban J connectivity index is 0.000000144. The Labute approximate surface area is 579 Å². The van der Waals surface area contributed by atoms with Crippen molar-refractivity contribution < 1.29 is 56.0 Å². The van der Waals surface area contributed by atoms with Crippen molar-refractivity contribution in [1.82, 2.24) is 40.3 Å². The summed E-state index contributed by atoms with van der Waals surface area (Å²) in [6.07, 6.45) is 18.0. The highest BCUT2D eigenvalue weighted by Crippen LogP contribution is 2.48. The Morgan fingerprint density at radius 1 is 0.646 bits per heavy atom. The van der Waals surface area contributed by atoms with Crippen molar-refractivity contribution in [3.05, 3.63) is 143 Å². The van der Waals surface area contributed by atoms with E-state index in [4.69, 9.17) is 34.4 Å². The number of rotatable bonds is 12. The molecule has 21 heteroatoms. The van der Waals surface area contributed by atoms with Crippen molar-refractivity contribution >= 4 is 57.1 Å². The molecule has 0 spiro atoms. The van der Waals surface area contributed by atoms with Crippen LogP contribution in [0.1, 0.15) is 184 Å². The minimum Gasteiger partial charge on any atom is -0.493 e. The fourth-order valence-electron chi connectivity index (χ4n) is 15.7. The Hall–Kier alpha value is -8.14. The zero-order valence-electron chi connectivity index (χ0n) is 58.8. The number of nitrogens with one attached hydrogen (secondary N) is 2. The second-order valence-corrected chi connectivity index (χ2v) is 30.2. The number of methoxy groups -OCH3 is 1. The lowest BCUT2D eigenvalue weighted by molar-refractivity contribution is -0.0440. The van der Waals surface area contributed by atoms with Gasteiger partial charge in [0, 0.05) is 98.0 Å². The van der Waals surface area contributed by atoms with Gasteiger partial charge in [0.15, 0.2) is 17.8 Å². The number of carbonyl (C=O) groups excluding carboxylic acids is 4. The van der Waals surface area contributed by atoms with Crippen molar-refractivity contribution in [3.8, 4) is 17.2 Å². The maximum absolute atomic E-state index is 14.1. The number of halogens is 3. The second kappa shape index (κ2) is 31.2. The number of ether oxygens (including phenoxy) is 5. The van der Waals surface area contributed by atoms with Gasteiger partial charge in [0.05, 0.1) is 41.6 Å². The molecule has 6 fully saturated rings. The minimum atomic E-state index is -0.838. The topological polar surface area (TPSA) is 213 Å². The molecule has 7 heterocycles. The lowest BCUT2D eigenvalue weighted by Crippen LogP contribution is -2.48. The number of nitrogens with two attached hydrogens (primary N) is 1. The van der Waals surface area contributed by atoms with Gasteiger partial charge in [0.25, 0.3) is 5.91 Å². The van der Waals surface area contributed by atoms with Crippen LogP contribution < -0.4 is 30.6 Å². The summed E-state index contributed by atoms with van der Waals surface area (Å²) in [6.45, 7) is 17.9. The molecule has 18 nitrogen and oxygen atoms in total. The number of carbonyl (C=O) groups is 4. The van der Waals surface area contributed by atoms with E-state index in [2.05, 4.69) is 20.6 Å². The molecule has 3 amide bonds. The van der Waals surface area contributed by atoms with Gasteiger partial charge in [-0.1, -0.05) is 56.7 Å². The Bertz CT molecular complexity index is 4000. The van der Waals surface area contributed by atoms with Gasteiger partial charge in [0.2, 0.25) is 11.5 Å². The van der Waals surface area contributed by atoms with E-state index in [1.54, 1.807) is 49.6 Å². The molecule has 3 aliphatic carbocycles. The van der Waals surface area contributed by atoms with Crippen LogP contribution in [0, 0.1) is 35.2 Å². The maximum atomic E-state index is 14.1. The molecule has 4 aromatic carbocycles. The van der Waals surface area contributed by atoms with Crippen LogP contribution in [0.5, 0.6) is 17.2 Å². The molecule has 0 radical (unpaired) electrons. The van der Waals surface area contributed by atoms with Gasteiger partial charge in [-0.2, -0.15) is 0 Å². The zero-order valence-corrected chi connectivity index (χ0v) is 58.8. The summed E-state index contributed by atoms with van der Waals surface area (Å²) in [5.41, 5.74) is 9.53. The van der Waals surface area contributed by atoms with Crippen LogP contribution in [-0.4, -0.2) is 134 Å². The monoisotopic (exact) mass is 1360 g/mol. The molecule has 4 N–H and O–H groups in total. The Kier molecular flexibility index (Phi) is 22.7. The van der Waals surface area contributed by atoms with Crippen molar-refractivity contribution in [2.45, 2.75) is 218 Å². The number of hydrogen-bond donors (Lipinski definition) is 3. The van der Waals surface area contributed by atoms with Gasteiger partial charge in [0.1, 0.15) is 34.3 Å². The van der Waals surface area contributed by atoms with E-state index < -0.39 is 17.0 Å². The van der Waals surface area contributed by atoms with E-state index in [-0.39, 0.29) is 53.7 Å². The number of aldehydes is 1. The first kappa shape index (κ1) is 72.1. The molecular weight excluding hydrogens is 1260 g/mol. The molecule has 0 bridgehead atoms. The van der Waals surface area contributed by atoms with Gasteiger partial charge >= 0.3 is 12.2 Å². The Morgan fingerprint density at radius 3 is 1.72 bits per heavy atom. The molecule has 7 aromatic rings. The minimum absolute atomic E-state index is 0.128. The normalized spacial score (nSPS) is 23.5. The highest BCUT2D eigenvalue weighted by atomic mass is 19.1. The van der Waals surface area contributed by atoms with Crippen LogP contribution in [-0.2, 0) is 22.6 Å². The quantitative estimate of drug-likeness (QED) is 0.0971. The fraction of sp³-hybridized carbons (Fsp3) is 0.526. The maximum Gasteiger partial charge on any atom is 0.410 e. The van der Waals surface area contributed by atoms with Crippen LogP contribution in [0.2, 0.25) is 0 Å². The second-order valence-electron chi connectivity index (χ2n) is 30.2. The van der Waals surface area contributed by atoms with Crippen LogP contribution in [0.25, 0.3) is 32.7 Å². The predicted octanol–water partition coefficient (Wildman–Crippen LogP) is 15.2. The number of amides is 3. The van der Waals surface area contributed by atoms with Crippen molar-refractivity contribution in [3.63, 3.8) is 0 Å². The van der Waals surface area contributed by atoms with E-state index in [1.165, 1.54) is 101 Å². The summed E-state index contributed by atoms with van der Waals surface area (Å²) >= 11 is 0. The number of fused-ring (bicyclic) bond motifs is 7. The summed E-state index contributed by atoms with van der Waals surface area (Å²) in [7, 11) is 1.56. The average molecular weight is 1360 g/mol. The van der Waals surface area contributed by atoms with Gasteiger partial charge in [-0.15, -0.1) is 0 Å². The van der Waals surface area contributed by atoms with Gasteiger partial charge in [-0.25, -0.2) is 27.7 Å². The molecule has 3 saturated heterocycles.